The molecule has 6 nitrogen and oxygen atoms in total. The third kappa shape index (κ3) is 4.57. The lowest BCUT2D eigenvalue weighted by Gasteiger charge is -2.20. The molecule has 2 aliphatic heterocycles. The number of thiocarbonyl (C=S) groups is 1. The predicted octanol–water partition coefficient (Wildman–Crippen LogP) is 4.69. The number of hydrogen-bond acceptors (Lipinski definition) is 6. The highest BCUT2D eigenvalue weighted by Gasteiger charge is 2.42. The zero-order valence-corrected chi connectivity index (χ0v) is 21.3. The van der Waals surface area contributed by atoms with Gasteiger partial charge in [-0.2, -0.15) is 5.10 Å². The van der Waals surface area contributed by atoms with Crippen LogP contribution in [0.4, 0.5) is 0 Å². The van der Waals surface area contributed by atoms with Gasteiger partial charge in [-0.1, -0.05) is 70.2 Å². The molecular formula is C23H18BrN3O3S3. The van der Waals surface area contributed by atoms with Gasteiger partial charge in [0.15, 0.2) is 9.84 Å². The molecular weight excluding hydrogens is 542 g/mol. The van der Waals surface area contributed by atoms with Crippen LogP contribution >= 0.6 is 39.9 Å². The number of hydrogen-bond donors (Lipinski definition) is 0. The second kappa shape index (κ2) is 8.83. The maximum atomic E-state index is 13.2. The highest BCUT2D eigenvalue weighted by Crippen LogP contribution is 2.37. The van der Waals surface area contributed by atoms with E-state index in [-0.39, 0.29) is 17.4 Å². The first kappa shape index (κ1) is 22.5. The van der Waals surface area contributed by atoms with Crippen molar-refractivity contribution in [3.63, 3.8) is 0 Å². The van der Waals surface area contributed by atoms with Crippen LogP contribution < -0.4 is 0 Å². The van der Waals surface area contributed by atoms with Gasteiger partial charge in [0.25, 0.3) is 5.91 Å². The second-order valence-corrected chi connectivity index (χ2v) is 12.6. The van der Waals surface area contributed by atoms with Gasteiger partial charge in [-0.15, -0.1) is 0 Å². The van der Waals surface area contributed by atoms with Crippen molar-refractivity contribution in [3.05, 3.63) is 75.7 Å². The Labute approximate surface area is 209 Å². The number of rotatable bonds is 4. The van der Waals surface area contributed by atoms with Crippen molar-refractivity contribution in [2.24, 2.45) is 0 Å². The first-order chi connectivity index (χ1) is 15.8. The number of nitrogens with zero attached hydrogens (tertiary/aromatic N) is 3. The largest absolute Gasteiger partial charge is 0.289 e. The normalized spacial score (nSPS) is 21.3. The summed E-state index contributed by atoms with van der Waals surface area (Å²) in [6, 6.07) is 17.2. The number of halogens is 1. The molecule has 0 unspecified atom stereocenters. The van der Waals surface area contributed by atoms with E-state index in [1.54, 1.807) is 10.8 Å². The average Bonchev–Trinajstić information content (AvgIpc) is 3.45. The van der Waals surface area contributed by atoms with E-state index in [1.165, 1.54) is 16.7 Å². The van der Waals surface area contributed by atoms with Gasteiger partial charge in [-0.05, 0) is 36.8 Å². The standard InChI is InChI=1S/C23H18BrN3O3S3/c24-17-8-6-15(7-9-17)21-16(13-26(25-21)18-4-2-1-3-5-18)12-20-22(28)27(23(31)32-20)19-10-11-33(29,30)14-19/h1-9,12-13,19H,10-11,14H2/b20-12-/t19-/m1/s1. The molecule has 168 valence electrons. The Hall–Kier alpha value is -2.27. The van der Waals surface area contributed by atoms with Gasteiger partial charge in [-0.3, -0.25) is 9.69 Å². The lowest BCUT2D eigenvalue weighted by molar-refractivity contribution is -0.123. The number of amides is 1. The Kier molecular flexibility index (Phi) is 6.02. The van der Waals surface area contributed by atoms with Crippen LogP contribution in [0, 0.1) is 0 Å². The third-order valence-corrected chi connectivity index (χ3v) is 9.17. The first-order valence-electron chi connectivity index (χ1n) is 10.2. The summed E-state index contributed by atoms with van der Waals surface area (Å²) in [5, 5.41) is 4.79. The van der Waals surface area contributed by atoms with Gasteiger partial charge in [-0.25, -0.2) is 13.1 Å². The van der Waals surface area contributed by atoms with Gasteiger partial charge in [0.05, 0.1) is 33.8 Å². The lowest BCUT2D eigenvalue weighted by atomic mass is 10.1. The van der Waals surface area contributed by atoms with Crippen molar-refractivity contribution < 1.29 is 13.2 Å². The minimum absolute atomic E-state index is 0.0389. The van der Waals surface area contributed by atoms with Crippen molar-refractivity contribution in [1.82, 2.24) is 14.7 Å². The number of benzene rings is 2. The summed E-state index contributed by atoms with van der Waals surface area (Å²) < 4.78 is 27.0. The number of sulfone groups is 1. The molecule has 1 aromatic heterocycles. The molecule has 10 heteroatoms. The Balaban J connectivity index is 1.54. The van der Waals surface area contributed by atoms with Gasteiger partial charge < -0.3 is 0 Å². The van der Waals surface area contributed by atoms with Crippen LogP contribution in [0.15, 0.2) is 70.2 Å². The summed E-state index contributed by atoms with van der Waals surface area (Å²) in [5.41, 5.74) is 3.33. The molecule has 0 saturated carbocycles. The Bertz CT molecular complexity index is 1380. The predicted molar refractivity (Wildman–Crippen MR) is 139 cm³/mol. The molecule has 0 N–H and O–H groups in total. The third-order valence-electron chi connectivity index (χ3n) is 5.56. The summed E-state index contributed by atoms with van der Waals surface area (Å²) in [4.78, 5) is 15.1. The first-order valence-corrected chi connectivity index (χ1v) is 14.0. The van der Waals surface area contributed by atoms with Crippen molar-refractivity contribution >= 4 is 66.1 Å². The molecule has 3 heterocycles. The highest BCUT2D eigenvalue weighted by molar-refractivity contribution is 9.10. The SMILES string of the molecule is O=C1/C(=C/c2cn(-c3ccccc3)nc2-c2ccc(Br)cc2)SC(=S)N1[C@@H]1CCS(=O)(=O)C1. The van der Waals surface area contributed by atoms with Crippen molar-refractivity contribution in [2.45, 2.75) is 12.5 Å². The molecule has 2 aromatic carbocycles. The molecule has 0 bridgehead atoms. The van der Waals surface area contributed by atoms with Crippen LogP contribution in [0.1, 0.15) is 12.0 Å². The number of carbonyl (C=O) groups excluding carboxylic acids is 1. The van der Waals surface area contributed by atoms with E-state index in [9.17, 15) is 13.2 Å². The number of carbonyl (C=O) groups is 1. The van der Waals surface area contributed by atoms with Gasteiger partial charge in [0.1, 0.15) is 4.32 Å². The minimum atomic E-state index is -3.13. The zero-order chi connectivity index (χ0) is 23.2. The van der Waals surface area contributed by atoms with Crippen molar-refractivity contribution in [3.8, 4) is 16.9 Å². The maximum absolute atomic E-state index is 13.2. The summed E-state index contributed by atoms with van der Waals surface area (Å²) >= 11 is 10.1. The molecule has 0 spiro atoms. The fourth-order valence-corrected chi connectivity index (χ4v) is 7.31. The fraction of sp³-hybridized carbons (Fsp3) is 0.174. The smallest absolute Gasteiger partial charge is 0.266 e. The molecule has 2 fully saturated rings. The van der Waals surface area contributed by atoms with E-state index in [2.05, 4.69) is 15.9 Å². The number of para-hydroxylation sites is 1. The molecule has 1 atom stereocenters. The average molecular weight is 561 g/mol. The second-order valence-electron chi connectivity index (χ2n) is 7.83. The molecule has 3 aromatic rings. The van der Waals surface area contributed by atoms with E-state index >= 15 is 0 Å². The van der Waals surface area contributed by atoms with Gasteiger partial charge in [0.2, 0.25) is 0 Å². The molecule has 2 saturated heterocycles. The molecule has 1 amide bonds. The maximum Gasteiger partial charge on any atom is 0.266 e. The van der Waals surface area contributed by atoms with Crippen LogP contribution in [-0.2, 0) is 14.6 Å². The van der Waals surface area contributed by atoms with Crippen LogP contribution in [0.3, 0.4) is 0 Å². The van der Waals surface area contributed by atoms with Crippen molar-refractivity contribution in [1.29, 1.82) is 0 Å². The van der Waals surface area contributed by atoms with Crippen LogP contribution in [-0.4, -0.2) is 50.9 Å². The molecule has 0 aliphatic carbocycles. The van der Waals surface area contributed by atoms with Gasteiger partial charge >= 0.3 is 0 Å². The lowest BCUT2D eigenvalue weighted by Crippen LogP contribution is -2.39. The van der Waals surface area contributed by atoms with E-state index in [1.807, 2.05) is 60.8 Å². The monoisotopic (exact) mass is 559 g/mol. The van der Waals surface area contributed by atoms with E-state index in [0.717, 1.165) is 27.0 Å². The summed E-state index contributed by atoms with van der Waals surface area (Å²) in [7, 11) is -3.13. The molecule has 5 rings (SSSR count). The highest BCUT2D eigenvalue weighted by atomic mass is 79.9. The van der Waals surface area contributed by atoms with E-state index in [0.29, 0.717) is 15.6 Å². The summed E-state index contributed by atoms with van der Waals surface area (Å²) in [6.45, 7) is 0. The van der Waals surface area contributed by atoms with E-state index < -0.39 is 15.9 Å². The zero-order valence-electron chi connectivity index (χ0n) is 17.2. The van der Waals surface area contributed by atoms with Crippen LogP contribution in [0.25, 0.3) is 23.0 Å². The minimum Gasteiger partial charge on any atom is -0.289 e. The fourth-order valence-electron chi connectivity index (χ4n) is 3.95. The number of thioether (sulfide) groups is 1. The molecule has 0 radical (unpaired) electrons. The van der Waals surface area contributed by atoms with Crippen LogP contribution in [0.2, 0.25) is 0 Å². The van der Waals surface area contributed by atoms with E-state index in [4.69, 9.17) is 17.3 Å². The molecule has 33 heavy (non-hydrogen) atoms. The van der Waals surface area contributed by atoms with Crippen molar-refractivity contribution in [2.75, 3.05) is 11.5 Å². The number of aromatic nitrogens is 2. The summed E-state index contributed by atoms with van der Waals surface area (Å²) in [6.07, 6.45) is 4.10. The van der Waals surface area contributed by atoms with Gasteiger partial charge in [0, 0.05) is 21.8 Å². The summed E-state index contributed by atoms with van der Waals surface area (Å²) in [5.74, 6) is -0.199. The Morgan fingerprint density at radius 1 is 1.12 bits per heavy atom. The topological polar surface area (TPSA) is 72.3 Å². The van der Waals surface area contributed by atoms with Crippen LogP contribution in [0.5, 0.6) is 0 Å². The molecule has 2 aliphatic rings. The quantitative estimate of drug-likeness (QED) is 0.341. The Morgan fingerprint density at radius 2 is 1.85 bits per heavy atom. The Morgan fingerprint density at radius 3 is 2.52 bits per heavy atom.